The largest absolute Gasteiger partial charge is 0.497 e. The van der Waals surface area contributed by atoms with E-state index >= 15 is 0 Å². The molecular formula is C11H17NO3S. The Balaban J connectivity index is 3.17. The number of rotatable bonds is 5. The van der Waals surface area contributed by atoms with E-state index < -0.39 is 9.84 Å². The number of sulfone groups is 1. The first-order valence-electron chi connectivity index (χ1n) is 5.00. The van der Waals surface area contributed by atoms with E-state index in [0.717, 1.165) is 12.1 Å². The van der Waals surface area contributed by atoms with Crippen molar-refractivity contribution in [1.29, 1.82) is 0 Å². The van der Waals surface area contributed by atoms with E-state index in [2.05, 4.69) is 5.32 Å². The van der Waals surface area contributed by atoms with Crippen LogP contribution in [0.5, 0.6) is 5.75 Å². The second-order valence-electron chi connectivity index (χ2n) is 3.60. The molecule has 5 heteroatoms. The standard InChI is InChI=1S/C11H17NO3S/c1-12-7-6-9-4-5-10(15-2)8-11(9)16(3,13)14/h4-5,8,12H,6-7H2,1-3H3. The molecule has 1 rings (SSSR count). The molecule has 90 valence electrons. The van der Waals surface area contributed by atoms with E-state index in [1.165, 1.54) is 13.4 Å². The van der Waals surface area contributed by atoms with E-state index in [-0.39, 0.29) is 0 Å². The van der Waals surface area contributed by atoms with Crippen molar-refractivity contribution in [2.24, 2.45) is 0 Å². The Morgan fingerprint density at radius 2 is 2.06 bits per heavy atom. The zero-order valence-electron chi connectivity index (χ0n) is 9.78. The first kappa shape index (κ1) is 13.0. The van der Waals surface area contributed by atoms with E-state index in [1.54, 1.807) is 18.2 Å². The molecule has 0 atom stereocenters. The maximum absolute atomic E-state index is 11.6. The first-order valence-corrected chi connectivity index (χ1v) is 6.89. The smallest absolute Gasteiger partial charge is 0.175 e. The summed E-state index contributed by atoms with van der Waals surface area (Å²) in [6.07, 6.45) is 1.90. The van der Waals surface area contributed by atoms with Crippen LogP contribution in [0.3, 0.4) is 0 Å². The zero-order valence-corrected chi connectivity index (χ0v) is 10.6. The molecule has 0 spiro atoms. The van der Waals surface area contributed by atoms with Crippen molar-refractivity contribution in [1.82, 2.24) is 5.32 Å². The summed E-state index contributed by atoms with van der Waals surface area (Å²) in [5.41, 5.74) is 0.817. The molecule has 0 amide bonds. The molecule has 0 saturated heterocycles. The summed E-state index contributed by atoms with van der Waals surface area (Å²) in [7, 11) is 0.155. The van der Waals surface area contributed by atoms with Gasteiger partial charge >= 0.3 is 0 Å². The van der Waals surface area contributed by atoms with Gasteiger partial charge in [0.2, 0.25) is 0 Å². The molecule has 0 aliphatic carbocycles. The molecule has 0 unspecified atom stereocenters. The van der Waals surface area contributed by atoms with Crippen LogP contribution in [0.1, 0.15) is 5.56 Å². The fourth-order valence-electron chi connectivity index (χ4n) is 1.47. The first-order chi connectivity index (χ1) is 7.49. The maximum atomic E-state index is 11.6. The molecular weight excluding hydrogens is 226 g/mol. The molecule has 0 aliphatic rings. The van der Waals surface area contributed by atoms with Gasteiger partial charge in [-0.2, -0.15) is 0 Å². The fourth-order valence-corrected chi connectivity index (χ4v) is 2.45. The average molecular weight is 243 g/mol. The highest BCUT2D eigenvalue weighted by Crippen LogP contribution is 2.22. The molecule has 1 aromatic carbocycles. The normalized spacial score (nSPS) is 11.4. The van der Waals surface area contributed by atoms with Crippen molar-refractivity contribution in [3.63, 3.8) is 0 Å². The van der Waals surface area contributed by atoms with Gasteiger partial charge in [-0.1, -0.05) is 6.07 Å². The minimum atomic E-state index is -3.20. The highest BCUT2D eigenvalue weighted by atomic mass is 32.2. The lowest BCUT2D eigenvalue weighted by molar-refractivity contribution is 0.413. The van der Waals surface area contributed by atoms with Crippen LogP contribution in [0.25, 0.3) is 0 Å². The fraction of sp³-hybridized carbons (Fsp3) is 0.455. The highest BCUT2D eigenvalue weighted by Gasteiger charge is 2.13. The second kappa shape index (κ2) is 5.32. The molecule has 16 heavy (non-hydrogen) atoms. The van der Waals surface area contributed by atoms with Gasteiger partial charge in [0.1, 0.15) is 5.75 Å². The van der Waals surface area contributed by atoms with Crippen molar-refractivity contribution in [2.75, 3.05) is 27.0 Å². The maximum Gasteiger partial charge on any atom is 0.175 e. The lowest BCUT2D eigenvalue weighted by Gasteiger charge is -2.09. The molecule has 1 aromatic rings. The lowest BCUT2D eigenvalue weighted by Crippen LogP contribution is -2.13. The summed E-state index contributed by atoms with van der Waals surface area (Å²) in [5.74, 6) is 0.564. The van der Waals surface area contributed by atoms with Gasteiger partial charge in [-0.3, -0.25) is 0 Å². The SMILES string of the molecule is CNCCc1ccc(OC)cc1S(C)(=O)=O. The van der Waals surface area contributed by atoms with Crippen LogP contribution in [0.2, 0.25) is 0 Å². The van der Waals surface area contributed by atoms with Gasteiger partial charge in [0.15, 0.2) is 9.84 Å². The summed E-state index contributed by atoms with van der Waals surface area (Å²) >= 11 is 0. The molecule has 0 radical (unpaired) electrons. The van der Waals surface area contributed by atoms with Gasteiger partial charge in [-0.05, 0) is 37.7 Å². The van der Waals surface area contributed by atoms with Crippen LogP contribution >= 0.6 is 0 Å². The Morgan fingerprint density at radius 1 is 1.38 bits per heavy atom. The average Bonchev–Trinajstić information content (AvgIpc) is 2.25. The summed E-state index contributed by atoms with van der Waals surface area (Å²) in [4.78, 5) is 0.349. The Kier molecular flexibility index (Phi) is 4.32. The Labute approximate surface area is 96.5 Å². The van der Waals surface area contributed by atoms with E-state index in [4.69, 9.17) is 4.74 Å². The summed E-state index contributed by atoms with van der Waals surface area (Å²) in [6.45, 7) is 0.745. The number of methoxy groups -OCH3 is 1. The molecule has 0 heterocycles. The summed E-state index contributed by atoms with van der Waals surface area (Å²) in [6, 6.07) is 5.15. The number of benzene rings is 1. The Bertz CT molecular complexity index is 454. The van der Waals surface area contributed by atoms with Crippen LogP contribution in [-0.4, -0.2) is 35.4 Å². The third kappa shape index (κ3) is 3.21. The van der Waals surface area contributed by atoms with Crippen molar-refractivity contribution >= 4 is 9.84 Å². The molecule has 0 aliphatic heterocycles. The van der Waals surface area contributed by atoms with Gasteiger partial charge in [-0.15, -0.1) is 0 Å². The second-order valence-corrected chi connectivity index (χ2v) is 5.58. The van der Waals surface area contributed by atoms with Crippen molar-refractivity contribution in [2.45, 2.75) is 11.3 Å². The van der Waals surface area contributed by atoms with Crippen molar-refractivity contribution in [3.8, 4) is 5.75 Å². The topological polar surface area (TPSA) is 55.4 Å². The number of likely N-dealkylation sites (N-methyl/N-ethyl adjacent to an activating group) is 1. The predicted octanol–water partition coefficient (Wildman–Crippen LogP) is 0.861. The monoisotopic (exact) mass is 243 g/mol. The van der Waals surface area contributed by atoms with E-state index in [9.17, 15) is 8.42 Å². The summed E-state index contributed by atoms with van der Waals surface area (Å²) < 4.78 is 28.2. The van der Waals surface area contributed by atoms with Gasteiger partial charge in [0.25, 0.3) is 0 Å². The third-order valence-electron chi connectivity index (χ3n) is 2.32. The molecule has 4 nitrogen and oxygen atoms in total. The summed E-state index contributed by atoms with van der Waals surface area (Å²) in [5, 5.41) is 3.00. The Hall–Kier alpha value is -1.07. The van der Waals surface area contributed by atoms with Crippen LogP contribution < -0.4 is 10.1 Å². The zero-order chi connectivity index (χ0) is 12.2. The van der Waals surface area contributed by atoms with Crippen molar-refractivity contribution in [3.05, 3.63) is 23.8 Å². The van der Waals surface area contributed by atoms with E-state index in [0.29, 0.717) is 17.1 Å². The molecule has 0 bridgehead atoms. The lowest BCUT2D eigenvalue weighted by atomic mass is 10.1. The molecule has 0 aromatic heterocycles. The minimum absolute atomic E-state index is 0.349. The Morgan fingerprint density at radius 3 is 2.56 bits per heavy atom. The number of hydrogen-bond donors (Lipinski definition) is 1. The van der Waals surface area contributed by atoms with Gasteiger partial charge in [-0.25, -0.2) is 8.42 Å². The van der Waals surface area contributed by atoms with Crippen LogP contribution in [-0.2, 0) is 16.3 Å². The van der Waals surface area contributed by atoms with Gasteiger partial charge in [0.05, 0.1) is 12.0 Å². The predicted molar refractivity (Wildman–Crippen MR) is 63.7 cm³/mol. The quantitative estimate of drug-likeness (QED) is 0.833. The third-order valence-corrected chi connectivity index (χ3v) is 3.50. The molecule has 0 saturated carbocycles. The molecule has 1 N–H and O–H groups in total. The molecule has 0 fully saturated rings. The number of hydrogen-bond acceptors (Lipinski definition) is 4. The van der Waals surface area contributed by atoms with Gasteiger partial charge < -0.3 is 10.1 Å². The van der Waals surface area contributed by atoms with E-state index in [1.807, 2.05) is 7.05 Å². The van der Waals surface area contributed by atoms with Crippen LogP contribution in [0.4, 0.5) is 0 Å². The highest BCUT2D eigenvalue weighted by molar-refractivity contribution is 7.90. The van der Waals surface area contributed by atoms with Crippen molar-refractivity contribution < 1.29 is 13.2 Å². The van der Waals surface area contributed by atoms with Crippen LogP contribution in [0, 0.1) is 0 Å². The number of ether oxygens (including phenoxy) is 1. The van der Waals surface area contributed by atoms with Crippen LogP contribution in [0.15, 0.2) is 23.1 Å². The number of nitrogens with one attached hydrogen (secondary N) is 1. The minimum Gasteiger partial charge on any atom is -0.497 e. The van der Waals surface area contributed by atoms with Gasteiger partial charge in [0, 0.05) is 6.26 Å².